The van der Waals surface area contributed by atoms with E-state index in [0.717, 1.165) is 51.0 Å². The first-order valence-corrected chi connectivity index (χ1v) is 17.0. The molecule has 3 nitrogen and oxygen atoms in total. The highest BCUT2D eigenvalue weighted by molar-refractivity contribution is 9.10. The molecule has 0 fully saturated rings. The molecule has 1 N–H and O–H groups in total. The number of fused-ring (bicyclic) bond motifs is 2. The van der Waals surface area contributed by atoms with Crippen LogP contribution in [0.25, 0.3) is 39.2 Å². The largest absolute Gasteiger partial charge is 0.507 e. The van der Waals surface area contributed by atoms with Gasteiger partial charge in [0.15, 0.2) is 0 Å². The smallest absolute Gasteiger partial charge is 0.149 e. The predicted molar refractivity (Wildman–Crippen MR) is 194 cm³/mol. The van der Waals surface area contributed by atoms with Crippen molar-refractivity contribution in [3.05, 3.63) is 99.5 Å². The number of hydrogen-bond donors (Lipinski definition) is 1. The Bertz CT molecular complexity index is 1930. The number of hydrogen-bond acceptors (Lipinski definition) is 2. The summed E-state index contributed by atoms with van der Waals surface area (Å²) in [4.78, 5) is 5.33. The van der Waals surface area contributed by atoms with Crippen LogP contribution >= 0.6 is 15.9 Å². The minimum Gasteiger partial charge on any atom is -0.507 e. The van der Waals surface area contributed by atoms with Gasteiger partial charge in [0, 0.05) is 15.6 Å². The summed E-state index contributed by atoms with van der Waals surface area (Å²) >= 11 is 3.82. The first-order chi connectivity index (χ1) is 20.9. The maximum absolute atomic E-state index is 12.1. The van der Waals surface area contributed by atoms with Crippen LogP contribution in [0.5, 0.6) is 5.75 Å². The van der Waals surface area contributed by atoms with Crippen LogP contribution in [-0.2, 0) is 21.7 Å². The minimum absolute atomic E-state index is 0.0274. The molecule has 0 amide bonds. The molecule has 6 rings (SSSR count). The van der Waals surface area contributed by atoms with Gasteiger partial charge in [-0.2, -0.15) is 0 Å². The fraction of sp³-hybridized carbons (Fsp3) is 0.390. The van der Waals surface area contributed by atoms with E-state index in [2.05, 4.69) is 156 Å². The van der Waals surface area contributed by atoms with Gasteiger partial charge in [-0.1, -0.05) is 112 Å². The van der Waals surface area contributed by atoms with Gasteiger partial charge in [0.05, 0.1) is 16.8 Å². The number of imidazole rings is 1. The molecule has 1 heterocycles. The van der Waals surface area contributed by atoms with Gasteiger partial charge in [0.1, 0.15) is 17.1 Å². The maximum Gasteiger partial charge on any atom is 0.149 e. The second-order valence-electron chi connectivity index (χ2n) is 16.3. The molecule has 4 heteroatoms. The third-order valence-corrected chi connectivity index (χ3v) is 10.6. The lowest BCUT2D eigenvalue weighted by Crippen LogP contribution is -2.34. The van der Waals surface area contributed by atoms with Crippen molar-refractivity contribution in [2.45, 2.75) is 104 Å². The predicted octanol–water partition coefficient (Wildman–Crippen LogP) is 11.8. The fourth-order valence-electron chi connectivity index (χ4n) is 6.94. The van der Waals surface area contributed by atoms with E-state index >= 15 is 0 Å². The first kappa shape index (κ1) is 31.6. The minimum atomic E-state index is -0.256. The number of benzene rings is 4. The van der Waals surface area contributed by atoms with Gasteiger partial charge in [0.25, 0.3) is 0 Å². The molecule has 1 aromatic heterocycles. The monoisotopic (exact) mass is 662 g/mol. The number of nitrogens with zero attached hydrogens (tertiary/aromatic N) is 2. The van der Waals surface area contributed by atoms with E-state index in [0.29, 0.717) is 5.75 Å². The van der Waals surface area contributed by atoms with Crippen molar-refractivity contribution in [3.8, 4) is 34.0 Å². The molecular formula is C41H47BrN2O. The van der Waals surface area contributed by atoms with Crippen LogP contribution in [-0.4, -0.2) is 14.7 Å². The van der Waals surface area contributed by atoms with E-state index in [1.165, 1.54) is 27.8 Å². The van der Waals surface area contributed by atoms with Gasteiger partial charge in [-0.25, -0.2) is 4.98 Å². The van der Waals surface area contributed by atoms with Crippen molar-refractivity contribution in [3.63, 3.8) is 0 Å². The van der Waals surface area contributed by atoms with Crippen LogP contribution in [0.15, 0.2) is 77.3 Å². The van der Waals surface area contributed by atoms with Crippen LogP contribution in [0.4, 0.5) is 0 Å². The number of para-hydroxylation sites is 1. The van der Waals surface area contributed by atoms with Crippen molar-refractivity contribution in [1.82, 2.24) is 9.55 Å². The average molecular weight is 664 g/mol. The Morgan fingerprint density at radius 1 is 0.733 bits per heavy atom. The van der Waals surface area contributed by atoms with E-state index in [4.69, 9.17) is 4.98 Å². The average Bonchev–Trinajstić information content (AvgIpc) is 3.35. The number of rotatable bonds is 3. The molecule has 5 aromatic rings. The Hall–Kier alpha value is -3.37. The summed E-state index contributed by atoms with van der Waals surface area (Å²) in [6.07, 6.45) is 2.28. The number of aromatic nitrogens is 2. The standard InChI is InChI=1S/C41H47BrN2O/c1-38(2,3)26-21-28(36(45)31(22-26)39(4,5)6)37-43-35-32(42)17-14-18-33(35)44(37)34-24-30-29(40(7,8)19-20-41(30,9)10)23-27(34)25-15-12-11-13-16-25/h11-18,21-24,45H,19-20H2,1-10H3. The van der Waals surface area contributed by atoms with E-state index in [9.17, 15) is 5.11 Å². The molecular weight excluding hydrogens is 616 g/mol. The lowest BCUT2D eigenvalue weighted by Gasteiger charge is -2.42. The summed E-state index contributed by atoms with van der Waals surface area (Å²) in [6, 6.07) is 26.2. The topological polar surface area (TPSA) is 38.0 Å². The van der Waals surface area contributed by atoms with Crippen molar-refractivity contribution in [2.24, 2.45) is 0 Å². The first-order valence-electron chi connectivity index (χ1n) is 16.2. The molecule has 0 saturated heterocycles. The maximum atomic E-state index is 12.1. The molecule has 1 aliphatic carbocycles. The summed E-state index contributed by atoms with van der Waals surface area (Å²) in [5, 5.41) is 12.1. The molecule has 0 unspecified atom stereocenters. The molecule has 0 atom stereocenters. The Morgan fingerprint density at radius 2 is 1.36 bits per heavy atom. The lowest BCUT2D eigenvalue weighted by molar-refractivity contribution is 0.332. The zero-order valence-electron chi connectivity index (χ0n) is 28.6. The van der Waals surface area contributed by atoms with Gasteiger partial charge in [-0.3, -0.25) is 4.57 Å². The van der Waals surface area contributed by atoms with E-state index in [1.807, 2.05) is 6.07 Å². The van der Waals surface area contributed by atoms with Gasteiger partial charge >= 0.3 is 0 Å². The Labute approximate surface area is 277 Å². The summed E-state index contributed by atoms with van der Waals surface area (Å²) in [5.41, 5.74) is 10.7. The molecule has 0 bridgehead atoms. The van der Waals surface area contributed by atoms with E-state index in [-0.39, 0.29) is 21.7 Å². The van der Waals surface area contributed by atoms with Crippen molar-refractivity contribution in [1.29, 1.82) is 0 Å². The second kappa shape index (κ2) is 10.6. The van der Waals surface area contributed by atoms with Crippen molar-refractivity contribution < 1.29 is 5.11 Å². The lowest BCUT2D eigenvalue weighted by atomic mass is 9.62. The van der Waals surface area contributed by atoms with Crippen LogP contribution in [0.3, 0.4) is 0 Å². The van der Waals surface area contributed by atoms with Gasteiger partial charge in [-0.05, 0) is 103 Å². The van der Waals surface area contributed by atoms with E-state index < -0.39 is 0 Å². The van der Waals surface area contributed by atoms with Gasteiger partial charge < -0.3 is 5.11 Å². The number of phenolic OH excluding ortho intramolecular Hbond substituents is 1. The molecule has 0 aliphatic heterocycles. The van der Waals surface area contributed by atoms with Gasteiger partial charge in [0.2, 0.25) is 0 Å². The fourth-order valence-corrected chi connectivity index (χ4v) is 7.38. The molecule has 234 valence electrons. The third kappa shape index (κ3) is 5.43. The second-order valence-corrected chi connectivity index (χ2v) is 17.2. The van der Waals surface area contributed by atoms with Crippen molar-refractivity contribution in [2.75, 3.05) is 0 Å². The quantitative estimate of drug-likeness (QED) is 0.209. The zero-order chi connectivity index (χ0) is 32.7. The number of phenols is 1. The molecule has 1 aliphatic rings. The van der Waals surface area contributed by atoms with E-state index in [1.54, 1.807) is 0 Å². The summed E-state index contributed by atoms with van der Waals surface area (Å²) in [5.74, 6) is 1.04. The number of halogens is 1. The Morgan fingerprint density at radius 3 is 1.96 bits per heavy atom. The molecule has 0 spiro atoms. The Balaban J connectivity index is 1.80. The molecule has 45 heavy (non-hydrogen) atoms. The summed E-state index contributed by atoms with van der Waals surface area (Å²) in [7, 11) is 0. The molecule has 0 radical (unpaired) electrons. The Kier molecular flexibility index (Phi) is 7.44. The molecule has 4 aromatic carbocycles. The van der Waals surface area contributed by atoms with Gasteiger partial charge in [-0.15, -0.1) is 0 Å². The highest BCUT2D eigenvalue weighted by Gasteiger charge is 2.38. The molecule has 0 saturated carbocycles. The summed E-state index contributed by atoms with van der Waals surface area (Å²) < 4.78 is 3.23. The third-order valence-electron chi connectivity index (χ3n) is 9.96. The SMILES string of the molecule is CC(C)(C)c1cc(-c2nc3c(Br)cccc3n2-c2cc3c(cc2-c2ccccc2)C(C)(C)CCC3(C)C)c(O)c(C(C)(C)C)c1. The summed E-state index contributed by atoms with van der Waals surface area (Å²) in [6.45, 7) is 22.7. The normalized spacial score (nSPS) is 16.2. The van der Waals surface area contributed by atoms with Crippen LogP contribution in [0.2, 0.25) is 0 Å². The van der Waals surface area contributed by atoms with Crippen LogP contribution in [0.1, 0.15) is 104 Å². The van der Waals surface area contributed by atoms with Crippen molar-refractivity contribution >= 4 is 27.0 Å². The van der Waals surface area contributed by atoms with Crippen LogP contribution < -0.4 is 0 Å². The highest BCUT2D eigenvalue weighted by atomic mass is 79.9. The highest BCUT2D eigenvalue weighted by Crippen LogP contribution is 2.50. The number of aromatic hydroxyl groups is 1. The zero-order valence-corrected chi connectivity index (χ0v) is 30.1. The van der Waals surface area contributed by atoms with Crippen LogP contribution in [0, 0.1) is 0 Å².